The van der Waals surface area contributed by atoms with Crippen LogP contribution in [0.25, 0.3) is 0 Å². The topological polar surface area (TPSA) is 68.0 Å². The van der Waals surface area contributed by atoms with Gasteiger partial charge in [-0.2, -0.15) is 0 Å². The molecular formula is C13H15N3O2S. The monoisotopic (exact) mass is 277 g/mol. The van der Waals surface area contributed by atoms with Crippen LogP contribution in [0.5, 0.6) is 0 Å². The Morgan fingerprint density at radius 1 is 1.53 bits per heavy atom. The van der Waals surface area contributed by atoms with Gasteiger partial charge in [-0.25, -0.2) is 4.98 Å². The highest BCUT2D eigenvalue weighted by Crippen LogP contribution is 2.24. The lowest BCUT2D eigenvalue weighted by Gasteiger charge is -2.12. The van der Waals surface area contributed by atoms with Crippen LogP contribution in [0, 0.1) is 6.92 Å². The molecule has 1 atom stereocenters. The van der Waals surface area contributed by atoms with Gasteiger partial charge in [-0.1, -0.05) is 29.9 Å². The Kier molecular flexibility index (Phi) is 4.57. The van der Waals surface area contributed by atoms with Gasteiger partial charge in [0.2, 0.25) is 5.91 Å². The van der Waals surface area contributed by atoms with E-state index in [1.807, 2.05) is 25.1 Å². The van der Waals surface area contributed by atoms with Crippen molar-refractivity contribution >= 4 is 23.5 Å². The zero-order valence-electron chi connectivity index (χ0n) is 10.8. The van der Waals surface area contributed by atoms with E-state index >= 15 is 0 Å². The minimum atomic E-state index is -0.202. The number of pyridine rings is 1. The molecule has 100 valence electrons. The molecule has 0 aliphatic heterocycles. The van der Waals surface area contributed by atoms with E-state index in [9.17, 15) is 4.79 Å². The van der Waals surface area contributed by atoms with Crippen molar-refractivity contribution in [3.63, 3.8) is 0 Å². The molecule has 0 spiro atoms. The van der Waals surface area contributed by atoms with Crippen molar-refractivity contribution in [3.05, 3.63) is 36.2 Å². The lowest BCUT2D eigenvalue weighted by molar-refractivity contribution is -0.115. The third kappa shape index (κ3) is 3.82. The number of rotatable bonds is 5. The fourth-order valence-electron chi connectivity index (χ4n) is 1.52. The Bertz CT molecular complexity index is 542. The van der Waals surface area contributed by atoms with Crippen molar-refractivity contribution in [1.29, 1.82) is 0 Å². The molecule has 0 aliphatic rings. The van der Waals surface area contributed by atoms with Gasteiger partial charge in [-0.3, -0.25) is 4.79 Å². The molecule has 0 fully saturated rings. The van der Waals surface area contributed by atoms with Crippen LogP contribution >= 0.6 is 11.8 Å². The van der Waals surface area contributed by atoms with Crippen molar-refractivity contribution in [1.82, 2.24) is 10.1 Å². The molecule has 1 amide bonds. The van der Waals surface area contributed by atoms with Crippen LogP contribution in [0.15, 0.2) is 40.0 Å². The van der Waals surface area contributed by atoms with Crippen LogP contribution in [-0.4, -0.2) is 21.3 Å². The zero-order chi connectivity index (χ0) is 13.7. The Hall–Kier alpha value is -1.82. The van der Waals surface area contributed by atoms with E-state index in [4.69, 9.17) is 4.52 Å². The highest BCUT2D eigenvalue weighted by Gasteiger charge is 2.19. The average molecular weight is 277 g/mol. The molecule has 0 saturated carbocycles. The van der Waals surface area contributed by atoms with Gasteiger partial charge in [-0.05, 0) is 25.5 Å². The maximum atomic E-state index is 12.1. The molecule has 0 bridgehead atoms. The Labute approximate surface area is 115 Å². The number of carbonyl (C=O) groups is 1. The van der Waals surface area contributed by atoms with Crippen LogP contribution < -0.4 is 5.32 Å². The number of carbonyl (C=O) groups excluding carboxylic acids is 1. The van der Waals surface area contributed by atoms with E-state index < -0.39 is 0 Å². The van der Waals surface area contributed by atoms with E-state index in [1.165, 1.54) is 11.8 Å². The number of nitrogens with one attached hydrogen (secondary N) is 1. The molecule has 0 radical (unpaired) electrons. The second-order valence-electron chi connectivity index (χ2n) is 3.99. The van der Waals surface area contributed by atoms with E-state index in [0.29, 0.717) is 18.0 Å². The molecule has 0 aromatic carbocycles. The molecule has 1 N–H and O–H groups in total. The summed E-state index contributed by atoms with van der Waals surface area (Å²) in [6.45, 7) is 3.75. The number of anilines is 1. The largest absolute Gasteiger partial charge is 0.360 e. The first-order valence-electron chi connectivity index (χ1n) is 6.01. The second-order valence-corrected chi connectivity index (χ2v) is 5.22. The second kappa shape index (κ2) is 6.38. The molecule has 2 aromatic rings. The van der Waals surface area contributed by atoms with Gasteiger partial charge in [0.1, 0.15) is 5.76 Å². The molecule has 5 nitrogen and oxygen atoms in total. The minimum absolute atomic E-state index is 0.0912. The molecule has 2 heterocycles. The van der Waals surface area contributed by atoms with Gasteiger partial charge in [0.25, 0.3) is 0 Å². The first-order chi connectivity index (χ1) is 9.19. The third-order valence-electron chi connectivity index (χ3n) is 2.44. The van der Waals surface area contributed by atoms with Crippen LogP contribution in [0.3, 0.4) is 0 Å². The number of amides is 1. The Morgan fingerprint density at radius 2 is 2.37 bits per heavy atom. The fourth-order valence-corrected chi connectivity index (χ4v) is 2.42. The number of aryl methyl sites for hydroxylation is 1. The summed E-state index contributed by atoms with van der Waals surface area (Å²) in [5.41, 5.74) is 0. The summed E-state index contributed by atoms with van der Waals surface area (Å²) in [6.07, 6.45) is 2.43. The lowest BCUT2D eigenvalue weighted by Crippen LogP contribution is -2.24. The highest BCUT2D eigenvalue weighted by molar-refractivity contribution is 8.00. The SMILES string of the molecule is CCC(Sc1ccccn1)C(=O)Nc1cc(C)on1. The number of hydrogen-bond acceptors (Lipinski definition) is 5. The van der Waals surface area contributed by atoms with Crippen molar-refractivity contribution in [3.8, 4) is 0 Å². The third-order valence-corrected chi connectivity index (χ3v) is 3.76. The van der Waals surface area contributed by atoms with E-state index in [0.717, 1.165) is 5.03 Å². The quantitative estimate of drug-likeness (QED) is 0.851. The summed E-state index contributed by atoms with van der Waals surface area (Å²) < 4.78 is 4.91. The maximum absolute atomic E-state index is 12.1. The molecule has 2 aromatic heterocycles. The molecule has 2 rings (SSSR count). The van der Waals surface area contributed by atoms with Gasteiger partial charge in [0.05, 0.1) is 10.3 Å². The van der Waals surface area contributed by atoms with Gasteiger partial charge >= 0.3 is 0 Å². The van der Waals surface area contributed by atoms with Crippen molar-refractivity contribution < 1.29 is 9.32 Å². The maximum Gasteiger partial charge on any atom is 0.239 e. The van der Waals surface area contributed by atoms with Crippen LogP contribution in [0.2, 0.25) is 0 Å². The molecular weight excluding hydrogens is 262 g/mol. The Balaban J connectivity index is 1.99. The average Bonchev–Trinajstić information content (AvgIpc) is 2.82. The lowest BCUT2D eigenvalue weighted by atomic mass is 10.3. The van der Waals surface area contributed by atoms with Gasteiger partial charge < -0.3 is 9.84 Å². The molecule has 6 heteroatoms. The van der Waals surface area contributed by atoms with Gasteiger partial charge in [0, 0.05) is 12.3 Å². The van der Waals surface area contributed by atoms with Gasteiger partial charge in [0.15, 0.2) is 5.82 Å². The van der Waals surface area contributed by atoms with E-state index in [-0.39, 0.29) is 11.2 Å². The molecule has 0 aliphatic carbocycles. The number of aromatic nitrogens is 2. The summed E-state index contributed by atoms with van der Waals surface area (Å²) >= 11 is 1.44. The molecule has 0 saturated heterocycles. The fraction of sp³-hybridized carbons (Fsp3) is 0.308. The molecule has 19 heavy (non-hydrogen) atoms. The smallest absolute Gasteiger partial charge is 0.239 e. The van der Waals surface area contributed by atoms with Crippen molar-refractivity contribution in [2.45, 2.75) is 30.5 Å². The summed E-state index contributed by atoms with van der Waals surface area (Å²) in [4.78, 5) is 16.3. The number of hydrogen-bond donors (Lipinski definition) is 1. The summed E-state index contributed by atoms with van der Waals surface area (Å²) in [5, 5.41) is 7.12. The zero-order valence-corrected chi connectivity index (χ0v) is 11.6. The Morgan fingerprint density at radius 3 is 2.95 bits per heavy atom. The summed E-state index contributed by atoms with van der Waals surface area (Å²) in [5.74, 6) is 1.02. The predicted octanol–water partition coefficient (Wildman–Crippen LogP) is 2.89. The van der Waals surface area contributed by atoms with Gasteiger partial charge in [-0.15, -0.1) is 0 Å². The standard InChI is InChI=1S/C13H15N3O2S/c1-3-10(19-12-6-4-5-7-14-12)13(17)15-11-8-9(2)18-16-11/h4-8,10H,3H2,1-2H3,(H,15,16,17). The summed E-state index contributed by atoms with van der Waals surface area (Å²) in [6, 6.07) is 7.33. The van der Waals surface area contributed by atoms with Crippen LogP contribution in [0.1, 0.15) is 19.1 Å². The van der Waals surface area contributed by atoms with Crippen LogP contribution in [-0.2, 0) is 4.79 Å². The molecule has 1 unspecified atom stereocenters. The minimum Gasteiger partial charge on any atom is -0.360 e. The van der Waals surface area contributed by atoms with E-state index in [1.54, 1.807) is 19.2 Å². The number of thioether (sulfide) groups is 1. The number of nitrogens with zero attached hydrogens (tertiary/aromatic N) is 2. The van der Waals surface area contributed by atoms with Crippen LogP contribution in [0.4, 0.5) is 5.82 Å². The van der Waals surface area contributed by atoms with E-state index in [2.05, 4.69) is 15.5 Å². The van der Waals surface area contributed by atoms with Crippen molar-refractivity contribution in [2.75, 3.05) is 5.32 Å². The normalized spacial score (nSPS) is 12.1. The predicted molar refractivity (Wildman–Crippen MR) is 74.0 cm³/mol. The first kappa shape index (κ1) is 13.6. The van der Waals surface area contributed by atoms with Crippen molar-refractivity contribution in [2.24, 2.45) is 0 Å². The first-order valence-corrected chi connectivity index (χ1v) is 6.89. The highest BCUT2D eigenvalue weighted by atomic mass is 32.2. The summed E-state index contributed by atoms with van der Waals surface area (Å²) in [7, 11) is 0.